The molecule has 4 amide bonds. The van der Waals surface area contributed by atoms with Gasteiger partial charge in [0.15, 0.2) is 0 Å². The largest absolute Gasteiger partial charge is 0.378 e. The summed E-state index contributed by atoms with van der Waals surface area (Å²) >= 11 is 0. The van der Waals surface area contributed by atoms with Crippen LogP contribution in [0.3, 0.4) is 0 Å². The standard InChI is InChI=1S/C39H48N6O2/c1-39(45(29-31-15-10-7-11-16-31)38(47)41-33-20-24-35(25-21-33)43(4)5)26-12-17-36(27-39)44(28-30-13-8-6-9-14-30)37(46)40-32-18-22-34(23-19-32)42(2)3/h6-11,13-16,18-25,36H,12,17,26-29H2,1-5H3,(H,40,46)(H,41,47). The van der Waals surface area contributed by atoms with Crippen LogP contribution in [0.1, 0.15) is 43.7 Å². The third kappa shape index (κ3) is 8.64. The van der Waals surface area contributed by atoms with Crippen molar-refractivity contribution in [2.24, 2.45) is 0 Å². The van der Waals surface area contributed by atoms with Crippen LogP contribution >= 0.6 is 0 Å². The molecule has 4 aromatic rings. The van der Waals surface area contributed by atoms with Crippen molar-refractivity contribution in [3.05, 3.63) is 120 Å². The quantitative estimate of drug-likeness (QED) is 0.185. The first-order valence-electron chi connectivity index (χ1n) is 16.4. The summed E-state index contributed by atoms with van der Waals surface area (Å²) in [6.45, 7) is 3.12. The lowest BCUT2D eigenvalue weighted by Crippen LogP contribution is -2.57. The predicted octanol–water partition coefficient (Wildman–Crippen LogP) is 8.29. The van der Waals surface area contributed by atoms with Gasteiger partial charge < -0.3 is 30.2 Å². The topological polar surface area (TPSA) is 71.2 Å². The Morgan fingerprint density at radius 3 is 1.62 bits per heavy atom. The maximum atomic E-state index is 14.2. The number of carbonyl (C=O) groups is 2. The average molecular weight is 633 g/mol. The highest BCUT2D eigenvalue weighted by atomic mass is 16.2. The molecule has 0 heterocycles. The molecule has 1 fully saturated rings. The van der Waals surface area contributed by atoms with Crippen molar-refractivity contribution in [2.75, 3.05) is 48.6 Å². The molecule has 5 rings (SSSR count). The highest BCUT2D eigenvalue weighted by molar-refractivity contribution is 5.91. The molecule has 8 nitrogen and oxygen atoms in total. The fourth-order valence-electron chi connectivity index (χ4n) is 6.43. The second kappa shape index (κ2) is 15.1. The van der Waals surface area contributed by atoms with Crippen molar-refractivity contribution in [3.8, 4) is 0 Å². The highest BCUT2D eigenvalue weighted by Gasteiger charge is 2.42. The Morgan fingerprint density at radius 2 is 1.13 bits per heavy atom. The number of nitrogens with zero attached hydrogens (tertiary/aromatic N) is 4. The van der Waals surface area contributed by atoms with E-state index in [-0.39, 0.29) is 18.1 Å². The van der Waals surface area contributed by atoms with Gasteiger partial charge in [0.1, 0.15) is 0 Å². The third-order valence-electron chi connectivity index (χ3n) is 9.18. The molecule has 0 radical (unpaired) electrons. The number of urea groups is 2. The Kier molecular flexibility index (Phi) is 10.7. The molecule has 2 unspecified atom stereocenters. The Labute approximate surface area is 280 Å². The Balaban J connectivity index is 1.41. The van der Waals surface area contributed by atoms with Gasteiger partial charge in [-0.2, -0.15) is 0 Å². The van der Waals surface area contributed by atoms with E-state index in [4.69, 9.17) is 0 Å². The van der Waals surface area contributed by atoms with E-state index in [1.807, 2.05) is 133 Å². The van der Waals surface area contributed by atoms with Crippen LogP contribution < -0.4 is 20.4 Å². The monoisotopic (exact) mass is 632 g/mol. The molecule has 2 atom stereocenters. The van der Waals surface area contributed by atoms with Crippen LogP contribution in [0, 0.1) is 0 Å². The van der Waals surface area contributed by atoms with Crippen molar-refractivity contribution in [1.29, 1.82) is 0 Å². The second-order valence-electron chi connectivity index (χ2n) is 13.2. The lowest BCUT2D eigenvalue weighted by atomic mass is 9.78. The molecule has 246 valence electrons. The van der Waals surface area contributed by atoms with Gasteiger partial charge in [-0.3, -0.25) is 0 Å². The number of anilines is 4. The van der Waals surface area contributed by atoms with Gasteiger partial charge >= 0.3 is 12.1 Å². The molecular weight excluding hydrogens is 584 g/mol. The number of hydrogen-bond donors (Lipinski definition) is 2. The lowest BCUT2D eigenvalue weighted by molar-refractivity contribution is 0.0530. The van der Waals surface area contributed by atoms with Crippen LogP contribution in [0.25, 0.3) is 0 Å². The van der Waals surface area contributed by atoms with Gasteiger partial charge in [-0.25, -0.2) is 9.59 Å². The van der Waals surface area contributed by atoms with Crippen molar-refractivity contribution in [1.82, 2.24) is 9.80 Å². The number of hydrogen-bond acceptors (Lipinski definition) is 4. The van der Waals surface area contributed by atoms with E-state index >= 15 is 0 Å². The van der Waals surface area contributed by atoms with Crippen molar-refractivity contribution >= 4 is 34.8 Å². The molecular formula is C39H48N6O2. The second-order valence-corrected chi connectivity index (χ2v) is 13.2. The minimum absolute atomic E-state index is 0.0690. The maximum Gasteiger partial charge on any atom is 0.322 e. The van der Waals surface area contributed by atoms with Crippen LogP contribution in [0.5, 0.6) is 0 Å². The molecule has 0 spiro atoms. The van der Waals surface area contributed by atoms with Gasteiger partial charge in [-0.1, -0.05) is 60.7 Å². The summed E-state index contributed by atoms with van der Waals surface area (Å²) in [4.78, 5) is 36.2. The number of benzene rings is 4. The number of rotatable bonds is 10. The molecule has 2 N–H and O–H groups in total. The first-order valence-corrected chi connectivity index (χ1v) is 16.4. The number of amides is 4. The van der Waals surface area contributed by atoms with E-state index in [0.717, 1.165) is 53.1 Å². The Bertz CT molecular complexity index is 1590. The predicted molar refractivity (Wildman–Crippen MR) is 194 cm³/mol. The molecule has 47 heavy (non-hydrogen) atoms. The SMILES string of the molecule is CN(C)c1ccc(NC(=O)N(Cc2ccccc2)C2CCCC(C)(N(Cc3ccccc3)C(=O)Nc3ccc(N(C)C)cc3)C2)cc1. The summed E-state index contributed by atoms with van der Waals surface area (Å²) in [5.74, 6) is 0. The summed E-state index contributed by atoms with van der Waals surface area (Å²) in [7, 11) is 7.99. The molecule has 1 aliphatic carbocycles. The van der Waals surface area contributed by atoms with E-state index < -0.39 is 5.54 Å². The minimum atomic E-state index is -0.491. The van der Waals surface area contributed by atoms with Crippen LogP contribution in [-0.4, -0.2) is 61.6 Å². The maximum absolute atomic E-state index is 14.2. The van der Waals surface area contributed by atoms with Gasteiger partial charge in [0.2, 0.25) is 0 Å². The molecule has 8 heteroatoms. The van der Waals surface area contributed by atoms with Gasteiger partial charge in [-0.05, 0) is 92.3 Å². The highest BCUT2D eigenvalue weighted by Crippen LogP contribution is 2.38. The zero-order valence-corrected chi connectivity index (χ0v) is 28.3. The van der Waals surface area contributed by atoms with E-state index in [0.29, 0.717) is 19.5 Å². The molecule has 0 aromatic heterocycles. The zero-order valence-electron chi connectivity index (χ0n) is 28.3. The van der Waals surface area contributed by atoms with Crippen LogP contribution in [0.2, 0.25) is 0 Å². The number of nitrogens with one attached hydrogen (secondary N) is 2. The average Bonchev–Trinajstić information content (AvgIpc) is 3.07. The van der Waals surface area contributed by atoms with Crippen molar-refractivity contribution < 1.29 is 9.59 Å². The van der Waals surface area contributed by atoms with Gasteiger partial charge in [0.25, 0.3) is 0 Å². The number of carbonyl (C=O) groups excluding carboxylic acids is 2. The Morgan fingerprint density at radius 1 is 0.660 bits per heavy atom. The lowest BCUT2D eigenvalue weighted by Gasteiger charge is -2.48. The smallest absolute Gasteiger partial charge is 0.322 e. The summed E-state index contributed by atoms with van der Waals surface area (Å²) < 4.78 is 0. The van der Waals surface area contributed by atoms with E-state index in [1.54, 1.807) is 0 Å². The van der Waals surface area contributed by atoms with Crippen LogP contribution in [-0.2, 0) is 13.1 Å². The van der Waals surface area contributed by atoms with E-state index in [2.05, 4.69) is 41.8 Å². The van der Waals surface area contributed by atoms with Crippen molar-refractivity contribution in [2.45, 2.75) is 57.3 Å². The molecule has 0 aliphatic heterocycles. The van der Waals surface area contributed by atoms with Crippen LogP contribution in [0.4, 0.5) is 32.3 Å². The first kappa shape index (κ1) is 33.4. The third-order valence-corrected chi connectivity index (χ3v) is 9.18. The molecule has 1 aliphatic rings. The molecule has 4 aromatic carbocycles. The first-order chi connectivity index (χ1) is 22.6. The van der Waals surface area contributed by atoms with E-state index in [1.165, 1.54) is 0 Å². The fraction of sp³-hybridized carbons (Fsp3) is 0.333. The minimum Gasteiger partial charge on any atom is -0.378 e. The van der Waals surface area contributed by atoms with Gasteiger partial charge in [0.05, 0.1) is 0 Å². The van der Waals surface area contributed by atoms with Crippen LogP contribution in [0.15, 0.2) is 109 Å². The molecule has 0 bridgehead atoms. The molecule has 0 saturated heterocycles. The summed E-state index contributed by atoms with van der Waals surface area (Å²) in [6, 6.07) is 35.7. The molecule has 1 saturated carbocycles. The van der Waals surface area contributed by atoms with E-state index in [9.17, 15) is 9.59 Å². The van der Waals surface area contributed by atoms with Gasteiger partial charge in [0, 0.05) is 75.6 Å². The zero-order chi connectivity index (χ0) is 33.4. The Hall–Kier alpha value is -4.98. The van der Waals surface area contributed by atoms with Crippen molar-refractivity contribution in [3.63, 3.8) is 0 Å². The summed E-state index contributed by atoms with van der Waals surface area (Å²) in [5.41, 5.74) is 5.28. The van der Waals surface area contributed by atoms with Gasteiger partial charge in [-0.15, -0.1) is 0 Å². The summed E-state index contributed by atoms with van der Waals surface area (Å²) in [5, 5.41) is 6.34. The normalized spacial score (nSPS) is 17.3. The fourth-order valence-corrected chi connectivity index (χ4v) is 6.43. The summed E-state index contributed by atoms with van der Waals surface area (Å²) in [6.07, 6.45) is 3.26.